The zero-order chi connectivity index (χ0) is 11.5. The number of nitrogens with one attached hydrogen (secondary N) is 1. The van der Waals surface area contributed by atoms with Crippen LogP contribution in [-0.4, -0.2) is 9.78 Å². The van der Waals surface area contributed by atoms with E-state index < -0.39 is 0 Å². The summed E-state index contributed by atoms with van der Waals surface area (Å²) in [4.78, 5) is 0. The number of aromatic nitrogens is 2. The molecule has 0 fully saturated rings. The maximum absolute atomic E-state index is 6.14. The lowest BCUT2D eigenvalue weighted by atomic mass is 10.1. The van der Waals surface area contributed by atoms with E-state index in [1.807, 2.05) is 28.4 Å². The molecule has 0 amide bonds. The fourth-order valence-electron chi connectivity index (χ4n) is 1.68. The molecule has 1 unspecified atom stereocenters. The molecule has 0 bridgehead atoms. The Hall–Kier alpha value is -0.880. The maximum Gasteiger partial charge on any atom is 0.0901 e. The first-order valence-corrected chi connectivity index (χ1v) is 6.29. The van der Waals surface area contributed by atoms with E-state index in [1.165, 1.54) is 0 Å². The van der Waals surface area contributed by atoms with Crippen molar-refractivity contribution in [2.24, 2.45) is 5.84 Å². The zero-order valence-electron chi connectivity index (χ0n) is 8.85. The van der Waals surface area contributed by atoms with E-state index >= 15 is 0 Å². The first kappa shape index (κ1) is 11.6. The predicted molar refractivity (Wildman–Crippen MR) is 66.4 cm³/mol. The van der Waals surface area contributed by atoms with Crippen LogP contribution in [0.3, 0.4) is 0 Å². The molecule has 0 saturated carbocycles. The summed E-state index contributed by atoms with van der Waals surface area (Å²) in [7, 11) is 0. The summed E-state index contributed by atoms with van der Waals surface area (Å²) >= 11 is 7.77. The monoisotopic (exact) mass is 256 g/mol. The Balaban J connectivity index is 2.44. The fourth-order valence-corrected chi connectivity index (χ4v) is 2.62. The van der Waals surface area contributed by atoms with Gasteiger partial charge in [0.25, 0.3) is 0 Å². The van der Waals surface area contributed by atoms with Crippen LogP contribution in [0.2, 0.25) is 5.02 Å². The molecular formula is C10H13ClN4S. The Morgan fingerprint density at radius 3 is 3.06 bits per heavy atom. The molecule has 0 radical (unpaired) electrons. The summed E-state index contributed by atoms with van der Waals surface area (Å²) < 4.78 is 1.85. The highest BCUT2D eigenvalue weighted by molar-refractivity contribution is 7.08. The van der Waals surface area contributed by atoms with Crippen LogP contribution in [0.1, 0.15) is 24.2 Å². The van der Waals surface area contributed by atoms with Gasteiger partial charge in [-0.05, 0) is 29.3 Å². The molecule has 1 atom stereocenters. The van der Waals surface area contributed by atoms with Gasteiger partial charge in [-0.1, -0.05) is 11.6 Å². The number of hydrazine groups is 1. The number of nitrogens with two attached hydrogens (primary N) is 1. The standard InChI is InChI=1S/C10H13ClN4S/c1-2-15-10(8(11)5-13-15)9(14-12)7-3-4-16-6-7/h3-6,9,14H,2,12H2,1H3. The lowest BCUT2D eigenvalue weighted by molar-refractivity contribution is 0.544. The topological polar surface area (TPSA) is 55.9 Å². The number of rotatable bonds is 4. The number of hydrogen-bond acceptors (Lipinski definition) is 4. The molecule has 0 saturated heterocycles. The van der Waals surface area contributed by atoms with Gasteiger partial charge in [0.15, 0.2) is 0 Å². The molecule has 2 heterocycles. The first-order valence-electron chi connectivity index (χ1n) is 4.97. The van der Waals surface area contributed by atoms with Gasteiger partial charge in [-0.25, -0.2) is 5.43 Å². The number of hydrogen-bond donors (Lipinski definition) is 2. The second-order valence-corrected chi connectivity index (χ2v) is 4.54. The van der Waals surface area contributed by atoms with Crippen LogP contribution in [0.15, 0.2) is 23.0 Å². The van der Waals surface area contributed by atoms with Crippen molar-refractivity contribution in [1.29, 1.82) is 0 Å². The summed E-state index contributed by atoms with van der Waals surface area (Å²) in [6.07, 6.45) is 1.65. The van der Waals surface area contributed by atoms with Crippen molar-refractivity contribution in [1.82, 2.24) is 15.2 Å². The molecule has 2 aromatic heterocycles. The summed E-state index contributed by atoms with van der Waals surface area (Å²) in [6, 6.07) is 1.92. The number of aryl methyl sites for hydroxylation is 1. The highest BCUT2D eigenvalue weighted by Gasteiger charge is 2.20. The lowest BCUT2D eigenvalue weighted by Crippen LogP contribution is -2.30. The third-order valence-corrected chi connectivity index (χ3v) is 3.44. The third kappa shape index (κ3) is 1.99. The van der Waals surface area contributed by atoms with Crippen LogP contribution in [0.5, 0.6) is 0 Å². The zero-order valence-corrected chi connectivity index (χ0v) is 10.4. The molecule has 6 heteroatoms. The summed E-state index contributed by atoms with van der Waals surface area (Å²) in [5.41, 5.74) is 4.79. The van der Waals surface area contributed by atoms with Gasteiger partial charge in [0, 0.05) is 6.54 Å². The Morgan fingerprint density at radius 2 is 2.50 bits per heavy atom. The van der Waals surface area contributed by atoms with E-state index in [0.717, 1.165) is 17.8 Å². The molecule has 0 aliphatic carbocycles. The van der Waals surface area contributed by atoms with E-state index in [1.54, 1.807) is 17.5 Å². The molecule has 3 N–H and O–H groups in total. The molecular weight excluding hydrogens is 244 g/mol. The summed E-state index contributed by atoms with van der Waals surface area (Å²) in [5.74, 6) is 5.60. The molecule has 0 spiro atoms. The normalized spacial score (nSPS) is 12.9. The Labute approximate surface area is 103 Å². The third-order valence-electron chi connectivity index (χ3n) is 2.45. The number of thiophene rings is 1. The number of nitrogens with zero attached hydrogens (tertiary/aromatic N) is 2. The SMILES string of the molecule is CCn1ncc(Cl)c1C(NN)c1ccsc1. The van der Waals surface area contributed by atoms with E-state index in [9.17, 15) is 0 Å². The van der Waals surface area contributed by atoms with Crippen LogP contribution in [-0.2, 0) is 6.54 Å². The van der Waals surface area contributed by atoms with Gasteiger partial charge in [-0.3, -0.25) is 10.5 Å². The van der Waals surface area contributed by atoms with E-state index in [4.69, 9.17) is 17.4 Å². The van der Waals surface area contributed by atoms with Crippen LogP contribution in [0.4, 0.5) is 0 Å². The second-order valence-electron chi connectivity index (χ2n) is 3.35. The molecule has 0 aromatic carbocycles. The first-order chi connectivity index (χ1) is 7.77. The van der Waals surface area contributed by atoms with Crippen molar-refractivity contribution >= 4 is 22.9 Å². The molecule has 0 aliphatic heterocycles. The minimum atomic E-state index is -0.110. The molecule has 86 valence electrons. The van der Waals surface area contributed by atoms with Crippen LogP contribution in [0, 0.1) is 0 Å². The molecule has 0 aliphatic rings. The van der Waals surface area contributed by atoms with Gasteiger partial charge < -0.3 is 0 Å². The summed E-state index contributed by atoms with van der Waals surface area (Å²) in [5, 5.41) is 8.90. The van der Waals surface area contributed by atoms with Crippen molar-refractivity contribution in [2.45, 2.75) is 19.5 Å². The predicted octanol–water partition coefficient (Wildman–Crippen LogP) is 2.17. The van der Waals surface area contributed by atoms with Gasteiger partial charge in [-0.2, -0.15) is 16.4 Å². The molecule has 2 aromatic rings. The fraction of sp³-hybridized carbons (Fsp3) is 0.300. The smallest absolute Gasteiger partial charge is 0.0901 e. The largest absolute Gasteiger partial charge is 0.271 e. The van der Waals surface area contributed by atoms with Crippen molar-refractivity contribution in [2.75, 3.05) is 0 Å². The van der Waals surface area contributed by atoms with Crippen molar-refractivity contribution in [3.05, 3.63) is 39.3 Å². The van der Waals surface area contributed by atoms with E-state index in [2.05, 4.69) is 10.5 Å². The minimum Gasteiger partial charge on any atom is -0.271 e. The minimum absolute atomic E-state index is 0.110. The van der Waals surface area contributed by atoms with Crippen molar-refractivity contribution in [3.63, 3.8) is 0 Å². The Kier molecular flexibility index (Phi) is 3.60. The highest BCUT2D eigenvalue weighted by atomic mass is 35.5. The van der Waals surface area contributed by atoms with E-state index in [0.29, 0.717) is 5.02 Å². The second kappa shape index (κ2) is 4.97. The Morgan fingerprint density at radius 1 is 1.69 bits per heavy atom. The van der Waals surface area contributed by atoms with Gasteiger partial charge in [0.1, 0.15) is 0 Å². The molecule has 16 heavy (non-hydrogen) atoms. The average Bonchev–Trinajstić information content (AvgIpc) is 2.91. The van der Waals surface area contributed by atoms with Crippen molar-refractivity contribution in [3.8, 4) is 0 Å². The van der Waals surface area contributed by atoms with Gasteiger partial charge in [0.05, 0.1) is 23.0 Å². The quantitative estimate of drug-likeness (QED) is 0.651. The van der Waals surface area contributed by atoms with Crippen LogP contribution in [0.25, 0.3) is 0 Å². The van der Waals surface area contributed by atoms with Gasteiger partial charge >= 0.3 is 0 Å². The van der Waals surface area contributed by atoms with Crippen LogP contribution < -0.4 is 11.3 Å². The number of halogens is 1. The average molecular weight is 257 g/mol. The maximum atomic E-state index is 6.14. The van der Waals surface area contributed by atoms with Crippen LogP contribution >= 0.6 is 22.9 Å². The van der Waals surface area contributed by atoms with Gasteiger partial charge in [0.2, 0.25) is 0 Å². The Bertz CT molecular complexity index is 451. The highest BCUT2D eigenvalue weighted by Crippen LogP contribution is 2.28. The van der Waals surface area contributed by atoms with Gasteiger partial charge in [-0.15, -0.1) is 0 Å². The summed E-state index contributed by atoms with van der Waals surface area (Å²) in [6.45, 7) is 2.79. The molecule has 2 rings (SSSR count). The van der Waals surface area contributed by atoms with Crippen molar-refractivity contribution < 1.29 is 0 Å². The van der Waals surface area contributed by atoms with E-state index in [-0.39, 0.29) is 6.04 Å². The molecule has 4 nitrogen and oxygen atoms in total. The lowest BCUT2D eigenvalue weighted by Gasteiger charge is -2.16.